The zero-order valence-corrected chi connectivity index (χ0v) is 6.53. The highest BCUT2D eigenvalue weighted by molar-refractivity contribution is 6.18. The lowest BCUT2D eigenvalue weighted by atomic mass is 10.2. The van der Waals surface area contributed by atoms with Crippen LogP contribution in [0.3, 0.4) is 0 Å². The number of hydrogen-bond acceptors (Lipinski definition) is 4. The number of hydrogen-bond donors (Lipinski definition) is 4. The first-order valence-corrected chi connectivity index (χ1v) is 3.32. The molecule has 0 aromatic heterocycles. The molecule has 0 aromatic rings. The van der Waals surface area contributed by atoms with Crippen molar-refractivity contribution in [3.8, 4) is 0 Å². The summed E-state index contributed by atoms with van der Waals surface area (Å²) in [5.41, 5.74) is 8.04. The van der Waals surface area contributed by atoms with Crippen molar-refractivity contribution in [1.82, 2.24) is 10.6 Å². The van der Waals surface area contributed by atoms with Crippen LogP contribution >= 0.6 is 0 Å². The highest BCUT2D eigenvalue weighted by Gasteiger charge is 2.32. The van der Waals surface area contributed by atoms with Gasteiger partial charge in [0.25, 0.3) is 11.8 Å². The number of amides is 4. The standard InChI is InChI=1S/C5H7N5O3/c6-4-9-2(11)1(3(12)10-4)8-5(7)13/h1H,(H3,7,8,13)(H3,6,9,10,11,12)/p+1. The van der Waals surface area contributed by atoms with Gasteiger partial charge in [0.1, 0.15) is 0 Å². The number of rotatable bonds is 1. The van der Waals surface area contributed by atoms with Gasteiger partial charge in [-0.1, -0.05) is 0 Å². The molecule has 0 saturated heterocycles. The van der Waals surface area contributed by atoms with Crippen molar-refractivity contribution in [2.24, 2.45) is 10.7 Å². The first kappa shape index (κ1) is 9.13. The number of guanidine groups is 1. The van der Waals surface area contributed by atoms with E-state index in [9.17, 15) is 14.4 Å². The quantitative estimate of drug-likeness (QED) is 0.312. The number of quaternary nitrogens is 1. The zero-order chi connectivity index (χ0) is 10.0. The van der Waals surface area contributed by atoms with Crippen molar-refractivity contribution in [2.75, 3.05) is 0 Å². The summed E-state index contributed by atoms with van der Waals surface area (Å²) in [5, 5.41) is 4.12. The molecule has 0 saturated carbocycles. The molecule has 1 aliphatic heterocycles. The average molecular weight is 186 g/mol. The summed E-state index contributed by atoms with van der Waals surface area (Å²) in [6.45, 7) is 0. The van der Waals surface area contributed by atoms with Gasteiger partial charge in [0.2, 0.25) is 5.96 Å². The molecule has 70 valence electrons. The Morgan fingerprint density at radius 1 is 1.62 bits per heavy atom. The smallest absolute Gasteiger partial charge is 0.369 e. The molecular weight excluding hydrogens is 178 g/mol. The van der Waals surface area contributed by atoms with Crippen molar-refractivity contribution in [1.29, 1.82) is 0 Å². The molecule has 0 aromatic carbocycles. The van der Waals surface area contributed by atoms with Crippen LogP contribution in [0.5, 0.6) is 0 Å². The van der Waals surface area contributed by atoms with Gasteiger partial charge in [-0.25, -0.2) is 4.79 Å². The predicted octanol–water partition coefficient (Wildman–Crippen LogP) is -3.72. The van der Waals surface area contributed by atoms with E-state index in [0.717, 1.165) is 0 Å². The Balaban J connectivity index is 2.81. The lowest BCUT2D eigenvalue weighted by molar-refractivity contribution is -0.251. The van der Waals surface area contributed by atoms with Crippen molar-refractivity contribution >= 4 is 23.8 Å². The lowest BCUT2D eigenvalue weighted by Crippen LogP contribution is -2.69. The van der Waals surface area contributed by atoms with Crippen molar-refractivity contribution in [2.45, 2.75) is 6.04 Å². The summed E-state index contributed by atoms with van der Waals surface area (Å²) in [7, 11) is 0. The predicted molar refractivity (Wildman–Crippen MR) is 40.0 cm³/mol. The van der Waals surface area contributed by atoms with E-state index in [1.165, 1.54) is 0 Å². The lowest BCUT2D eigenvalue weighted by Gasteiger charge is -2.16. The van der Waals surface area contributed by atoms with Gasteiger partial charge in [-0.05, 0) is 0 Å². The van der Waals surface area contributed by atoms with Gasteiger partial charge in [0.15, 0.2) is 6.04 Å². The summed E-state index contributed by atoms with van der Waals surface area (Å²) < 4.78 is 0. The number of carbonyl (C=O) groups excluding carboxylic acids is 3. The van der Waals surface area contributed by atoms with Crippen LogP contribution in [0.15, 0.2) is 4.99 Å². The van der Waals surface area contributed by atoms with Crippen LogP contribution in [-0.2, 0) is 9.59 Å². The fourth-order valence-corrected chi connectivity index (χ4v) is 0.810. The second-order valence-electron chi connectivity index (χ2n) is 2.33. The highest BCUT2D eigenvalue weighted by Crippen LogP contribution is 1.93. The second-order valence-corrected chi connectivity index (χ2v) is 2.33. The second kappa shape index (κ2) is 3.19. The van der Waals surface area contributed by atoms with E-state index in [1.807, 2.05) is 5.32 Å². The molecule has 1 aliphatic rings. The maximum atomic E-state index is 11.0. The van der Waals surface area contributed by atoms with Crippen molar-refractivity contribution in [3.05, 3.63) is 0 Å². The van der Waals surface area contributed by atoms with E-state index in [1.54, 1.807) is 0 Å². The number of urea groups is 1. The van der Waals surface area contributed by atoms with Crippen LogP contribution in [0.1, 0.15) is 0 Å². The summed E-state index contributed by atoms with van der Waals surface area (Å²) in [4.78, 5) is 35.7. The molecular formula is C5H8N5O3+. The molecule has 0 aliphatic carbocycles. The van der Waals surface area contributed by atoms with E-state index in [2.05, 4.69) is 16.0 Å². The van der Waals surface area contributed by atoms with Crippen LogP contribution in [0.4, 0.5) is 4.79 Å². The Morgan fingerprint density at radius 3 is 2.69 bits per heavy atom. The van der Waals surface area contributed by atoms with Gasteiger partial charge in [0, 0.05) is 0 Å². The normalized spacial score (nSPS) is 21.9. The number of nitrogens with zero attached hydrogens (tertiary/aromatic N) is 1. The SMILES string of the molecule is NC1=NC(=O)C(NC([NH3+])=O)C(=O)N1. The molecule has 0 bridgehead atoms. The topological polar surface area (TPSA) is 141 Å². The van der Waals surface area contributed by atoms with Gasteiger partial charge in [0.05, 0.1) is 0 Å². The van der Waals surface area contributed by atoms with Crippen LogP contribution in [0, 0.1) is 0 Å². The van der Waals surface area contributed by atoms with E-state index in [0.29, 0.717) is 0 Å². The molecule has 0 spiro atoms. The maximum absolute atomic E-state index is 11.0. The third-order valence-corrected chi connectivity index (χ3v) is 1.30. The van der Waals surface area contributed by atoms with Crippen LogP contribution in [0.2, 0.25) is 0 Å². The Hall–Kier alpha value is -1.96. The van der Waals surface area contributed by atoms with Crippen LogP contribution in [-0.4, -0.2) is 29.8 Å². The van der Waals surface area contributed by atoms with E-state index in [-0.39, 0.29) is 5.96 Å². The fraction of sp³-hybridized carbons (Fsp3) is 0.200. The minimum absolute atomic E-state index is 0.274. The number of nitrogens with two attached hydrogens (primary N) is 1. The first-order chi connectivity index (χ1) is 6.00. The van der Waals surface area contributed by atoms with Gasteiger partial charge < -0.3 is 5.73 Å². The Bertz CT molecular complexity index is 309. The Kier molecular flexibility index (Phi) is 2.24. The molecule has 0 fully saturated rings. The molecule has 1 atom stereocenters. The highest BCUT2D eigenvalue weighted by atomic mass is 16.2. The van der Waals surface area contributed by atoms with Crippen molar-refractivity contribution in [3.63, 3.8) is 0 Å². The summed E-state index contributed by atoms with van der Waals surface area (Å²) in [5.74, 6) is -1.79. The number of nitrogens with one attached hydrogen (secondary N) is 2. The number of carbonyl (C=O) groups is 3. The first-order valence-electron chi connectivity index (χ1n) is 3.32. The zero-order valence-electron chi connectivity index (χ0n) is 6.53. The van der Waals surface area contributed by atoms with Gasteiger partial charge >= 0.3 is 6.03 Å². The molecule has 7 N–H and O–H groups in total. The molecule has 13 heavy (non-hydrogen) atoms. The van der Waals surface area contributed by atoms with Crippen LogP contribution in [0.25, 0.3) is 0 Å². The molecule has 1 unspecified atom stereocenters. The summed E-state index contributed by atoms with van der Waals surface area (Å²) in [6.07, 6.45) is 0. The van der Waals surface area contributed by atoms with E-state index >= 15 is 0 Å². The molecule has 1 heterocycles. The molecule has 8 nitrogen and oxygen atoms in total. The molecule has 0 radical (unpaired) electrons. The summed E-state index contributed by atoms with van der Waals surface area (Å²) >= 11 is 0. The Labute approximate surface area is 72.4 Å². The summed E-state index contributed by atoms with van der Waals surface area (Å²) in [6, 6.07) is -2.05. The average Bonchev–Trinajstić information content (AvgIpc) is 1.96. The van der Waals surface area contributed by atoms with Gasteiger partial charge in [-0.3, -0.25) is 26.0 Å². The Morgan fingerprint density at radius 2 is 2.23 bits per heavy atom. The third-order valence-electron chi connectivity index (χ3n) is 1.30. The minimum atomic E-state index is -1.32. The van der Waals surface area contributed by atoms with E-state index < -0.39 is 23.9 Å². The van der Waals surface area contributed by atoms with E-state index in [4.69, 9.17) is 5.73 Å². The van der Waals surface area contributed by atoms with Gasteiger partial charge in [-0.15, -0.1) is 0 Å². The minimum Gasteiger partial charge on any atom is -0.369 e. The third kappa shape index (κ3) is 1.99. The monoisotopic (exact) mass is 186 g/mol. The van der Waals surface area contributed by atoms with Crippen LogP contribution < -0.4 is 22.1 Å². The maximum Gasteiger partial charge on any atom is 0.412 e. The molecule has 1 rings (SSSR count). The largest absolute Gasteiger partial charge is 0.412 e. The number of aliphatic imine (C=N–C) groups is 1. The molecule has 4 amide bonds. The fourth-order valence-electron chi connectivity index (χ4n) is 0.810. The van der Waals surface area contributed by atoms with Crippen molar-refractivity contribution < 1.29 is 20.1 Å². The van der Waals surface area contributed by atoms with Gasteiger partial charge in [-0.2, -0.15) is 4.99 Å². The molecule has 8 heteroatoms.